The molecule has 1 fully saturated rings. The van der Waals surface area contributed by atoms with Crippen molar-refractivity contribution in [2.75, 3.05) is 33.7 Å². The molecule has 16 heavy (non-hydrogen) atoms. The van der Waals surface area contributed by atoms with Crippen LogP contribution in [0.5, 0.6) is 0 Å². The molecule has 0 aliphatic carbocycles. The van der Waals surface area contributed by atoms with Gasteiger partial charge in [-0.3, -0.25) is 4.90 Å². The van der Waals surface area contributed by atoms with Gasteiger partial charge >= 0.3 is 0 Å². The van der Waals surface area contributed by atoms with Gasteiger partial charge in [0.1, 0.15) is 0 Å². The van der Waals surface area contributed by atoms with Crippen molar-refractivity contribution in [3.05, 3.63) is 0 Å². The second-order valence-corrected chi connectivity index (χ2v) is 5.23. The molecule has 96 valence electrons. The van der Waals surface area contributed by atoms with Gasteiger partial charge in [0.15, 0.2) is 0 Å². The zero-order chi connectivity index (χ0) is 12.1. The molecule has 0 bridgehead atoms. The van der Waals surface area contributed by atoms with E-state index in [1.807, 2.05) is 0 Å². The summed E-state index contributed by atoms with van der Waals surface area (Å²) >= 11 is 0. The minimum Gasteiger partial charge on any atom is -0.316 e. The van der Waals surface area contributed by atoms with Crippen molar-refractivity contribution in [2.24, 2.45) is 0 Å². The van der Waals surface area contributed by atoms with Crippen molar-refractivity contribution in [2.45, 2.75) is 51.7 Å². The predicted octanol–water partition coefficient (Wildman–Crippen LogP) is 1.40. The Hall–Kier alpha value is -0.120. The van der Waals surface area contributed by atoms with E-state index in [4.69, 9.17) is 0 Å². The van der Waals surface area contributed by atoms with Gasteiger partial charge in [0.05, 0.1) is 0 Å². The fourth-order valence-electron chi connectivity index (χ4n) is 2.69. The molecule has 0 radical (unpaired) electrons. The van der Waals surface area contributed by atoms with E-state index in [2.05, 4.69) is 50.0 Å². The second kappa shape index (κ2) is 6.58. The van der Waals surface area contributed by atoms with Gasteiger partial charge in [-0.05, 0) is 47.3 Å². The Labute approximate surface area is 101 Å². The summed E-state index contributed by atoms with van der Waals surface area (Å²) < 4.78 is 0. The third kappa shape index (κ3) is 3.44. The minimum absolute atomic E-state index is 0.567. The molecule has 1 N–H and O–H groups in total. The van der Waals surface area contributed by atoms with Gasteiger partial charge in [-0.15, -0.1) is 0 Å². The molecule has 0 aromatic heterocycles. The maximum atomic E-state index is 3.38. The summed E-state index contributed by atoms with van der Waals surface area (Å²) in [7, 11) is 4.31. The highest BCUT2D eigenvalue weighted by Crippen LogP contribution is 2.17. The van der Waals surface area contributed by atoms with Gasteiger partial charge < -0.3 is 10.2 Å². The molecule has 1 saturated heterocycles. The van der Waals surface area contributed by atoms with E-state index in [0.717, 1.165) is 6.04 Å². The van der Waals surface area contributed by atoms with Gasteiger partial charge in [-0.2, -0.15) is 0 Å². The summed E-state index contributed by atoms with van der Waals surface area (Å²) in [5.41, 5.74) is 0. The Morgan fingerprint density at radius 1 is 1.31 bits per heavy atom. The molecule has 1 rings (SSSR count). The molecule has 3 atom stereocenters. The fourth-order valence-corrected chi connectivity index (χ4v) is 2.69. The summed E-state index contributed by atoms with van der Waals surface area (Å²) in [6.45, 7) is 10.7. The summed E-state index contributed by atoms with van der Waals surface area (Å²) in [6, 6.07) is 1.91. The van der Waals surface area contributed by atoms with Gasteiger partial charge in [0, 0.05) is 31.2 Å². The highest BCUT2D eigenvalue weighted by atomic mass is 15.3. The van der Waals surface area contributed by atoms with Crippen molar-refractivity contribution in [3.63, 3.8) is 0 Å². The van der Waals surface area contributed by atoms with Gasteiger partial charge in [0.25, 0.3) is 0 Å². The fraction of sp³-hybridized carbons (Fsp3) is 1.00. The maximum Gasteiger partial charge on any atom is 0.0223 e. The first-order chi connectivity index (χ1) is 7.60. The normalized spacial score (nSPS) is 28.7. The quantitative estimate of drug-likeness (QED) is 0.783. The second-order valence-electron chi connectivity index (χ2n) is 5.23. The molecular weight excluding hydrogens is 198 g/mol. The number of likely N-dealkylation sites (N-methyl/N-ethyl adjacent to an activating group) is 2. The topological polar surface area (TPSA) is 18.5 Å². The molecule has 0 spiro atoms. The molecule has 3 unspecified atom stereocenters. The van der Waals surface area contributed by atoms with E-state index < -0.39 is 0 Å². The van der Waals surface area contributed by atoms with E-state index in [0.29, 0.717) is 12.1 Å². The van der Waals surface area contributed by atoms with E-state index in [9.17, 15) is 0 Å². The van der Waals surface area contributed by atoms with Crippen LogP contribution in [-0.4, -0.2) is 61.7 Å². The van der Waals surface area contributed by atoms with Crippen molar-refractivity contribution >= 4 is 0 Å². The Morgan fingerprint density at radius 3 is 2.56 bits per heavy atom. The van der Waals surface area contributed by atoms with Crippen LogP contribution in [-0.2, 0) is 0 Å². The number of rotatable bonds is 4. The number of hydrogen-bond donors (Lipinski definition) is 1. The predicted molar refractivity (Wildman–Crippen MR) is 70.9 cm³/mol. The molecule has 0 aromatic rings. The summed E-state index contributed by atoms with van der Waals surface area (Å²) in [6.07, 6.45) is 2.55. The van der Waals surface area contributed by atoms with Crippen LogP contribution in [0.3, 0.4) is 0 Å². The van der Waals surface area contributed by atoms with Crippen LogP contribution >= 0.6 is 0 Å². The zero-order valence-corrected chi connectivity index (χ0v) is 11.7. The number of nitrogens with zero attached hydrogens (tertiary/aromatic N) is 2. The summed E-state index contributed by atoms with van der Waals surface area (Å²) in [5, 5.41) is 3.38. The van der Waals surface area contributed by atoms with E-state index in [1.54, 1.807) is 0 Å². The lowest BCUT2D eigenvalue weighted by Gasteiger charge is -2.38. The minimum atomic E-state index is 0.567. The molecule has 3 nitrogen and oxygen atoms in total. The smallest absolute Gasteiger partial charge is 0.0223 e. The van der Waals surface area contributed by atoms with Gasteiger partial charge in [-0.1, -0.05) is 6.92 Å². The van der Waals surface area contributed by atoms with E-state index >= 15 is 0 Å². The molecule has 3 heteroatoms. The first kappa shape index (κ1) is 13.9. The first-order valence-electron chi connectivity index (χ1n) is 6.71. The van der Waals surface area contributed by atoms with E-state index in [-0.39, 0.29) is 0 Å². The van der Waals surface area contributed by atoms with Crippen LogP contribution in [0.1, 0.15) is 33.6 Å². The van der Waals surface area contributed by atoms with Crippen LogP contribution in [0.4, 0.5) is 0 Å². The van der Waals surface area contributed by atoms with Crippen molar-refractivity contribution in [3.8, 4) is 0 Å². The third-order valence-corrected chi connectivity index (χ3v) is 4.12. The molecule has 0 saturated carbocycles. The highest BCUT2D eigenvalue weighted by Gasteiger charge is 2.27. The Bertz CT molecular complexity index is 196. The SMILES string of the molecule is CCC1CN(C)CCCN1C(C)C(C)NC. The largest absolute Gasteiger partial charge is 0.316 e. The van der Waals surface area contributed by atoms with Crippen LogP contribution < -0.4 is 5.32 Å². The van der Waals surface area contributed by atoms with Crippen LogP contribution in [0, 0.1) is 0 Å². The van der Waals surface area contributed by atoms with Crippen LogP contribution in [0.2, 0.25) is 0 Å². The number of hydrogen-bond acceptors (Lipinski definition) is 3. The number of nitrogens with one attached hydrogen (secondary N) is 1. The lowest BCUT2D eigenvalue weighted by Crippen LogP contribution is -2.51. The Morgan fingerprint density at radius 2 is 2.00 bits per heavy atom. The van der Waals surface area contributed by atoms with Gasteiger partial charge in [0.2, 0.25) is 0 Å². The third-order valence-electron chi connectivity index (χ3n) is 4.12. The van der Waals surface area contributed by atoms with Crippen molar-refractivity contribution in [1.29, 1.82) is 0 Å². The van der Waals surface area contributed by atoms with Crippen LogP contribution in [0.25, 0.3) is 0 Å². The molecule has 0 aromatic carbocycles. The first-order valence-corrected chi connectivity index (χ1v) is 6.71. The maximum absolute atomic E-state index is 3.38. The summed E-state index contributed by atoms with van der Waals surface area (Å²) in [4.78, 5) is 5.18. The molecule has 1 heterocycles. The molecule has 1 aliphatic rings. The monoisotopic (exact) mass is 227 g/mol. The Balaban J connectivity index is 2.66. The molecular formula is C13H29N3. The van der Waals surface area contributed by atoms with E-state index in [1.165, 1.54) is 32.5 Å². The van der Waals surface area contributed by atoms with Gasteiger partial charge in [-0.25, -0.2) is 0 Å². The average molecular weight is 227 g/mol. The van der Waals surface area contributed by atoms with Crippen molar-refractivity contribution in [1.82, 2.24) is 15.1 Å². The Kier molecular flexibility index (Phi) is 5.73. The standard InChI is InChI=1S/C13H29N3/c1-6-13-10-15(5)8-7-9-16(13)12(3)11(2)14-4/h11-14H,6-10H2,1-5H3. The lowest BCUT2D eigenvalue weighted by molar-refractivity contribution is 0.117. The summed E-state index contributed by atoms with van der Waals surface area (Å²) in [5.74, 6) is 0. The lowest BCUT2D eigenvalue weighted by atomic mass is 10.1. The van der Waals surface area contributed by atoms with Crippen molar-refractivity contribution < 1.29 is 0 Å². The molecule has 1 aliphatic heterocycles. The average Bonchev–Trinajstić information content (AvgIpc) is 2.48. The molecule has 0 amide bonds. The zero-order valence-electron chi connectivity index (χ0n) is 11.7. The highest BCUT2D eigenvalue weighted by molar-refractivity contribution is 4.85. The van der Waals surface area contributed by atoms with Crippen LogP contribution in [0.15, 0.2) is 0 Å².